The van der Waals surface area contributed by atoms with Crippen molar-refractivity contribution in [2.75, 3.05) is 0 Å². The van der Waals surface area contributed by atoms with Crippen LogP contribution in [0.2, 0.25) is 21.6 Å². The Morgan fingerprint density at radius 3 is 1.43 bits per heavy atom. The van der Waals surface area contributed by atoms with Crippen LogP contribution in [0.1, 0.15) is 163 Å². The molecule has 1 fully saturated rings. The van der Waals surface area contributed by atoms with Crippen molar-refractivity contribution in [3.05, 3.63) is 234 Å². The maximum Gasteiger partial charge on any atom is 1.00 e. The third-order valence-electron chi connectivity index (χ3n) is 19.7. The molecule has 5 aromatic carbocycles. The Hall–Kier alpha value is -0.442. The maximum atomic E-state index is 11.3. The van der Waals surface area contributed by atoms with Gasteiger partial charge in [-0.2, -0.15) is 16.1 Å². The van der Waals surface area contributed by atoms with E-state index in [4.69, 9.17) is 74.7 Å². The smallest absolute Gasteiger partial charge is 1.00 e. The van der Waals surface area contributed by atoms with E-state index in [-0.39, 0.29) is 99.0 Å². The molecule has 13 rings (SSSR count). The van der Waals surface area contributed by atoms with Crippen molar-refractivity contribution in [3.8, 4) is 11.6 Å². The molecule has 0 saturated carbocycles. The van der Waals surface area contributed by atoms with Crippen LogP contribution in [0.25, 0.3) is 42.6 Å². The molecule has 2 aliphatic carbocycles. The number of benzene rings is 5. The van der Waals surface area contributed by atoms with Gasteiger partial charge in [-0.05, 0) is 286 Å². The topological polar surface area (TPSA) is 184 Å². The second-order valence-electron chi connectivity index (χ2n) is 28.3. The molecule has 14 radical (unpaired) electrons. The molecule has 0 amide bonds. The first-order chi connectivity index (χ1) is 51.2. The molecule has 112 heavy (non-hydrogen) atoms. The predicted molar refractivity (Wildman–Crippen MR) is 521 cm³/mol. The third-order valence-corrected chi connectivity index (χ3v) is 33.6. The van der Waals surface area contributed by atoms with E-state index in [9.17, 15) is 19.2 Å². The second kappa shape index (κ2) is 47.8. The molecule has 10 aromatic rings. The number of aldehydes is 4. The van der Waals surface area contributed by atoms with Gasteiger partial charge in [0, 0.05) is 239 Å². The number of aromatic amines is 2. The molecule has 0 atom stereocenters. The van der Waals surface area contributed by atoms with Crippen molar-refractivity contribution in [1.82, 2.24) is 29.1 Å². The number of aromatic nitrogens is 6. The molecule has 36 heteroatoms. The van der Waals surface area contributed by atoms with Crippen molar-refractivity contribution in [1.29, 1.82) is 0 Å². The minimum Gasteiger partial charge on any atom is -1.00 e. The summed E-state index contributed by atoms with van der Waals surface area (Å²) in [5.41, 5.74) is 20.2. The largest absolute Gasteiger partial charge is 1.00 e. The van der Waals surface area contributed by atoms with Crippen molar-refractivity contribution < 1.29 is 116 Å². The van der Waals surface area contributed by atoms with Crippen LogP contribution in [0, 0.1) is 31.3 Å². The van der Waals surface area contributed by atoms with Crippen LogP contribution >= 0.6 is 157 Å². The van der Waals surface area contributed by atoms with E-state index in [0.29, 0.717) is 39.3 Å². The number of halogens is 9. The number of hydrogen-bond donors (Lipinski definition) is 2. The minimum atomic E-state index is -1.51. The quantitative estimate of drug-likeness (QED) is 0.0463. The zero-order valence-corrected chi connectivity index (χ0v) is 87.5. The average Bonchev–Trinajstić information content (AvgIpc) is 1.28. The van der Waals surface area contributed by atoms with Gasteiger partial charge >= 0.3 is 88.1 Å². The predicted octanol–water partition coefficient (Wildman–Crippen LogP) is 14.0. The maximum absolute atomic E-state index is 11.3. The van der Waals surface area contributed by atoms with Gasteiger partial charge in [0.25, 0.3) is 0 Å². The molecule has 0 unspecified atom stereocenters. The molecule has 0 spiro atoms. The Morgan fingerprint density at radius 1 is 0.598 bits per heavy atom. The number of nitrogens with one attached hydrogen (secondary N) is 2. The Morgan fingerprint density at radius 2 is 1.00 bits per heavy atom. The van der Waals surface area contributed by atoms with Crippen LogP contribution in [-0.2, 0) is 22.2 Å². The fourth-order valence-electron chi connectivity index (χ4n) is 12.6. The van der Waals surface area contributed by atoms with Gasteiger partial charge in [0.2, 0.25) is 5.95 Å². The number of carbonyl (C=O) groups is 4. The average molecular weight is 2260 g/mol. The van der Waals surface area contributed by atoms with Gasteiger partial charge in [0.05, 0.1) is 11.2 Å². The number of nitrogens with zero attached hydrogens (tertiary/aromatic N) is 4. The molecule has 3 aliphatic rings. The van der Waals surface area contributed by atoms with E-state index in [2.05, 4.69) is 293 Å². The third kappa shape index (κ3) is 26.3. The molecule has 558 valence electrons. The molecule has 1 aliphatic heterocycles. The standard InChI is InChI=1S/C22H18BrNO.C16H22BN3O2.C10H6BrIO.C9H5BrINO.C9H6BrNO.C9H21ClSi.CB10.I2.K.Na.H2O.H/c1-14-3-4-15(2)24(14)19-8-5-16(6-9-19)20-10-7-17-12-22(23)18(13-25)11-21(17)20;1-11-7-8-12(2)20(11)14-18-9-13(10-19-14)17-21-15(3,4)16(5,6)22-17;11-9-4-6-1-2-10(12)8(6)3-7(9)5-13;10-7-2-9-6(1-5(7)4-13)8(11)3-12-9;10-8-4-9-6(1-2-11-9)3-7(8)5-12;1-7(2)11(10,8(3)4)9(5)6;2-1(9(3)4,10(5)6)11(7)8;1-2;;;;/h3-6,8-13H,7H2,1-2H3;7-10H,1-6H3;2-5H,1H2;1-4,12H;1-5,11H;7-9H,1-6H3;;;;;1H2;/q;;;;;;;;2*+1;;-1/p-1. The first-order valence-electron chi connectivity index (χ1n) is 34.7. The summed E-state index contributed by atoms with van der Waals surface area (Å²) in [5, 5.41) is 0.811. The molecular formula is C76H80B11Br4ClI4KN6NaO7Si. The van der Waals surface area contributed by atoms with E-state index in [1.807, 2.05) is 107 Å². The molecular weight excluding hydrogens is 2180 g/mol. The summed E-state index contributed by atoms with van der Waals surface area (Å²) in [6.45, 7) is 27.2. The summed E-state index contributed by atoms with van der Waals surface area (Å²) in [5.74, 6) is 0.667. The number of allylic oxidation sites excluding steroid dienone is 2. The monoisotopic (exact) mass is 2260 g/mol. The van der Waals surface area contributed by atoms with Gasteiger partial charge in [-0.1, -0.05) is 97.7 Å². The second-order valence-corrected chi connectivity index (χ2v) is 41.2. The van der Waals surface area contributed by atoms with Crippen molar-refractivity contribution >= 4 is 307 Å². The number of fused-ring (bicyclic) bond motifs is 4. The summed E-state index contributed by atoms with van der Waals surface area (Å²) < 4.78 is 22.1. The molecule has 3 N–H and O–H groups in total. The summed E-state index contributed by atoms with van der Waals surface area (Å²) in [6, 6.07) is 34.5. The summed E-state index contributed by atoms with van der Waals surface area (Å²) in [7, 11) is 35.5. The van der Waals surface area contributed by atoms with Gasteiger partial charge < -0.3 is 30.7 Å². The van der Waals surface area contributed by atoms with Crippen molar-refractivity contribution in [2.45, 2.75) is 143 Å². The first-order valence-corrected chi connectivity index (χ1v) is 49.6. The van der Waals surface area contributed by atoms with Gasteiger partial charge in [-0.25, -0.2) is 9.97 Å². The number of rotatable bonds is 14. The fraction of sp³-hybridized carbons (Fsp3) is 0.289. The SMILES string of the molecule is CC(C)[Si](Cl)(C(C)C)C(C)C.Cc1ccc(C)n1-c1ccc(C2=CCc3cc(Br)c(C=O)cc32)cc1.Cc1ccc(C)n1-c1ncc(B2OC(C)(C)C(C)(C)O2)cn1.II.O=Cc1cc2c(I)c[nH]c2cc1Br.O=Cc1cc2c(cc1Br)CC=C2I.O=Cc1cc2cc[nH]c2cc1Br.[B]B([B])C([B])(B([B])[B])B([B])[B].[H-].[K+].[Na+].[OH-]. The Kier molecular flexibility index (Phi) is 45.2. The first kappa shape index (κ1) is 106. The van der Waals surface area contributed by atoms with Crippen LogP contribution in [0.5, 0.6) is 0 Å². The fourth-order valence-corrected chi connectivity index (χ4v) is 19.8. The molecule has 6 heterocycles. The van der Waals surface area contributed by atoms with Crippen molar-refractivity contribution in [3.63, 3.8) is 0 Å². The number of H-pyrrole nitrogens is 2. The van der Waals surface area contributed by atoms with Crippen LogP contribution in [0.15, 0.2) is 158 Å². The Balaban J connectivity index is 0.000000454. The molecule has 0 bridgehead atoms. The van der Waals surface area contributed by atoms with E-state index in [1.54, 1.807) is 12.4 Å². The molecule has 13 nitrogen and oxygen atoms in total. The summed E-state index contributed by atoms with van der Waals surface area (Å²) in [6.07, 6.45) is 17.1. The van der Waals surface area contributed by atoms with Gasteiger partial charge in [-0.15, -0.1) is 0 Å². The number of aryl methyl sites for hydroxylation is 4. The Labute approximate surface area is 828 Å². The van der Waals surface area contributed by atoms with Crippen LogP contribution < -0.4 is 86.4 Å². The Bertz CT molecular complexity index is 4790. The van der Waals surface area contributed by atoms with E-state index in [0.717, 1.165) is 109 Å². The van der Waals surface area contributed by atoms with Crippen molar-refractivity contribution in [2.24, 2.45) is 0 Å². The van der Waals surface area contributed by atoms with Gasteiger partial charge in [0.15, 0.2) is 32.5 Å². The van der Waals surface area contributed by atoms with Gasteiger partial charge in [-0.3, -0.25) is 23.7 Å². The zero-order chi connectivity index (χ0) is 81.5. The van der Waals surface area contributed by atoms with Crippen LogP contribution in [0.3, 0.4) is 0 Å². The number of hydrogen-bond acceptors (Lipinski definition) is 9. The van der Waals surface area contributed by atoms with Crippen LogP contribution in [-0.4, -0.2) is 159 Å². The normalized spacial score (nSPS) is 13.1. The minimum absolute atomic E-state index is 0. The summed E-state index contributed by atoms with van der Waals surface area (Å²) >= 11 is 28.9. The van der Waals surface area contributed by atoms with Gasteiger partial charge in [0.1, 0.15) is 0 Å². The molecule has 5 aromatic heterocycles. The zero-order valence-electron chi connectivity index (χ0n) is 66.7. The van der Waals surface area contributed by atoms with E-state index in [1.165, 1.54) is 48.5 Å². The molecule has 1 saturated heterocycles. The van der Waals surface area contributed by atoms with E-state index < -0.39 is 39.0 Å². The van der Waals surface area contributed by atoms with Crippen LogP contribution in [0.4, 0.5) is 0 Å². The number of carbonyl (C=O) groups excluding carboxylic acids is 4. The summed E-state index contributed by atoms with van der Waals surface area (Å²) in [4.78, 5) is 58.3. The van der Waals surface area contributed by atoms with E-state index >= 15 is 0 Å².